The Balaban J connectivity index is 1.48. The van der Waals surface area contributed by atoms with Crippen LogP contribution in [0.25, 0.3) is 10.9 Å². The van der Waals surface area contributed by atoms with E-state index in [0.29, 0.717) is 5.92 Å². The lowest BCUT2D eigenvalue weighted by Crippen LogP contribution is -2.37. The van der Waals surface area contributed by atoms with E-state index in [9.17, 15) is 0 Å². The van der Waals surface area contributed by atoms with Crippen LogP contribution in [0.1, 0.15) is 12.8 Å². The summed E-state index contributed by atoms with van der Waals surface area (Å²) in [4.78, 5) is 11.0. The molecule has 4 heteroatoms. The zero-order valence-corrected chi connectivity index (χ0v) is 13.6. The van der Waals surface area contributed by atoms with Crippen molar-refractivity contribution in [3.8, 4) is 5.75 Å². The van der Waals surface area contributed by atoms with Gasteiger partial charge in [-0.1, -0.05) is 18.2 Å². The molecular weight excluding hydrogens is 298 g/mol. The molecular formula is C20H21N3O. The largest absolute Gasteiger partial charge is 0.493 e. The van der Waals surface area contributed by atoms with Crippen LogP contribution in [0.15, 0.2) is 61.1 Å². The van der Waals surface area contributed by atoms with Gasteiger partial charge in [0.2, 0.25) is 0 Å². The SMILES string of the molecule is c1ccc2c(N3CCCC(COc4ccncc4)C3)ccnc2c1. The molecule has 1 aliphatic heterocycles. The third-order valence-corrected chi connectivity index (χ3v) is 4.62. The van der Waals surface area contributed by atoms with Crippen LogP contribution in [-0.4, -0.2) is 29.7 Å². The van der Waals surface area contributed by atoms with Crippen LogP contribution in [-0.2, 0) is 0 Å². The van der Waals surface area contributed by atoms with Crippen LogP contribution in [0, 0.1) is 5.92 Å². The third-order valence-electron chi connectivity index (χ3n) is 4.62. The van der Waals surface area contributed by atoms with Crippen LogP contribution >= 0.6 is 0 Å². The number of benzene rings is 1. The molecule has 4 nitrogen and oxygen atoms in total. The van der Waals surface area contributed by atoms with Gasteiger partial charge >= 0.3 is 0 Å². The number of rotatable bonds is 4. The molecule has 3 aromatic rings. The van der Waals surface area contributed by atoms with E-state index in [1.165, 1.54) is 23.9 Å². The van der Waals surface area contributed by atoms with Crippen molar-refractivity contribution in [1.82, 2.24) is 9.97 Å². The maximum absolute atomic E-state index is 5.94. The first-order valence-corrected chi connectivity index (χ1v) is 8.52. The predicted molar refractivity (Wildman–Crippen MR) is 96.4 cm³/mol. The van der Waals surface area contributed by atoms with Crippen molar-refractivity contribution in [3.05, 3.63) is 61.1 Å². The minimum atomic E-state index is 0.541. The zero-order valence-electron chi connectivity index (χ0n) is 13.6. The van der Waals surface area contributed by atoms with Crippen molar-refractivity contribution in [2.75, 3.05) is 24.6 Å². The standard InChI is InChI=1S/C20H21N3O/c1-2-6-19-18(5-1)20(9-12-22-19)23-13-3-4-16(14-23)15-24-17-7-10-21-11-8-17/h1-2,5-12,16H,3-4,13-15H2. The van der Waals surface area contributed by atoms with E-state index in [-0.39, 0.29) is 0 Å². The minimum Gasteiger partial charge on any atom is -0.493 e. The molecule has 1 saturated heterocycles. The smallest absolute Gasteiger partial charge is 0.122 e. The summed E-state index contributed by atoms with van der Waals surface area (Å²) in [7, 11) is 0. The van der Waals surface area contributed by atoms with Gasteiger partial charge in [-0.2, -0.15) is 0 Å². The average molecular weight is 319 g/mol. The molecule has 24 heavy (non-hydrogen) atoms. The average Bonchev–Trinajstić information content (AvgIpc) is 2.67. The maximum Gasteiger partial charge on any atom is 0.122 e. The Morgan fingerprint density at radius 2 is 1.92 bits per heavy atom. The Morgan fingerprint density at radius 3 is 2.83 bits per heavy atom. The highest BCUT2D eigenvalue weighted by Crippen LogP contribution is 2.29. The molecule has 0 spiro atoms. The molecule has 122 valence electrons. The van der Waals surface area contributed by atoms with E-state index in [2.05, 4.69) is 39.1 Å². The van der Waals surface area contributed by atoms with Crippen LogP contribution in [0.5, 0.6) is 5.75 Å². The highest BCUT2D eigenvalue weighted by Gasteiger charge is 2.22. The van der Waals surface area contributed by atoms with E-state index in [1.54, 1.807) is 12.4 Å². The molecule has 0 aliphatic carbocycles. The van der Waals surface area contributed by atoms with Crippen molar-refractivity contribution in [2.45, 2.75) is 12.8 Å². The van der Waals surface area contributed by atoms with Crippen LogP contribution < -0.4 is 9.64 Å². The molecule has 1 atom stereocenters. The lowest BCUT2D eigenvalue weighted by Gasteiger charge is -2.34. The molecule has 0 N–H and O–H groups in total. The van der Waals surface area contributed by atoms with Crippen LogP contribution in [0.3, 0.4) is 0 Å². The van der Waals surface area contributed by atoms with Gasteiger partial charge in [0.1, 0.15) is 5.75 Å². The zero-order chi connectivity index (χ0) is 16.2. The van der Waals surface area contributed by atoms with E-state index >= 15 is 0 Å². The molecule has 2 aromatic heterocycles. The molecule has 4 rings (SSSR count). The lowest BCUT2D eigenvalue weighted by molar-refractivity contribution is 0.229. The first-order valence-electron chi connectivity index (χ1n) is 8.52. The molecule has 0 amide bonds. The summed E-state index contributed by atoms with van der Waals surface area (Å²) in [6, 6.07) is 14.3. The highest BCUT2D eigenvalue weighted by atomic mass is 16.5. The number of fused-ring (bicyclic) bond motifs is 1. The van der Waals surface area contributed by atoms with E-state index < -0.39 is 0 Å². The molecule has 3 heterocycles. The first-order chi connectivity index (χ1) is 11.9. The Labute approximate surface area is 142 Å². The second-order valence-electron chi connectivity index (χ2n) is 6.30. The normalized spacial score (nSPS) is 17.8. The third kappa shape index (κ3) is 3.18. The summed E-state index contributed by atoms with van der Waals surface area (Å²) in [5.41, 5.74) is 2.35. The number of piperidine rings is 1. The van der Waals surface area contributed by atoms with Crippen molar-refractivity contribution in [3.63, 3.8) is 0 Å². The molecule has 1 fully saturated rings. The fourth-order valence-corrected chi connectivity index (χ4v) is 3.42. The van der Waals surface area contributed by atoms with E-state index in [0.717, 1.165) is 31.0 Å². The highest BCUT2D eigenvalue weighted by molar-refractivity contribution is 5.91. The second kappa shape index (κ2) is 6.87. The molecule has 0 radical (unpaired) electrons. The van der Waals surface area contributed by atoms with Gasteiger partial charge in [-0.25, -0.2) is 0 Å². The van der Waals surface area contributed by atoms with Gasteiger partial charge in [-0.3, -0.25) is 9.97 Å². The van der Waals surface area contributed by atoms with Gasteiger partial charge in [-0.15, -0.1) is 0 Å². The fourth-order valence-electron chi connectivity index (χ4n) is 3.42. The predicted octanol–water partition coefficient (Wildman–Crippen LogP) is 3.93. The molecule has 0 saturated carbocycles. The fraction of sp³-hybridized carbons (Fsp3) is 0.300. The topological polar surface area (TPSA) is 38.2 Å². The molecule has 1 aliphatic rings. The lowest BCUT2D eigenvalue weighted by atomic mass is 9.98. The van der Waals surface area contributed by atoms with Gasteiger partial charge in [0.05, 0.1) is 12.1 Å². The maximum atomic E-state index is 5.94. The molecule has 0 bridgehead atoms. The van der Waals surface area contributed by atoms with Crippen molar-refractivity contribution >= 4 is 16.6 Å². The number of hydrogen-bond donors (Lipinski definition) is 0. The number of ether oxygens (including phenoxy) is 1. The van der Waals surface area contributed by atoms with E-state index in [1.807, 2.05) is 24.4 Å². The van der Waals surface area contributed by atoms with Gasteiger partial charge in [-0.05, 0) is 37.1 Å². The number of para-hydroxylation sites is 1. The molecule has 1 aromatic carbocycles. The monoisotopic (exact) mass is 319 g/mol. The summed E-state index contributed by atoms with van der Waals surface area (Å²) in [6.07, 6.45) is 7.86. The Hall–Kier alpha value is -2.62. The number of anilines is 1. The molecule has 1 unspecified atom stereocenters. The first kappa shape index (κ1) is 14.9. The van der Waals surface area contributed by atoms with Gasteiger partial charge in [0.25, 0.3) is 0 Å². The number of hydrogen-bond acceptors (Lipinski definition) is 4. The Bertz CT molecular complexity index is 801. The Kier molecular flexibility index (Phi) is 4.28. The quantitative estimate of drug-likeness (QED) is 0.730. The van der Waals surface area contributed by atoms with Gasteiger partial charge < -0.3 is 9.64 Å². The van der Waals surface area contributed by atoms with Crippen LogP contribution in [0.4, 0.5) is 5.69 Å². The Morgan fingerprint density at radius 1 is 1.04 bits per heavy atom. The van der Waals surface area contributed by atoms with Crippen LogP contribution in [0.2, 0.25) is 0 Å². The number of nitrogens with zero attached hydrogens (tertiary/aromatic N) is 3. The van der Waals surface area contributed by atoms with Gasteiger partial charge in [0.15, 0.2) is 0 Å². The second-order valence-corrected chi connectivity index (χ2v) is 6.30. The van der Waals surface area contributed by atoms with Gasteiger partial charge in [0, 0.05) is 48.7 Å². The number of aromatic nitrogens is 2. The van der Waals surface area contributed by atoms with Crippen molar-refractivity contribution in [1.29, 1.82) is 0 Å². The van der Waals surface area contributed by atoms with Crippen molar-refractivity contribution < 1.29 is 4.74 Å². The number of pyridine rings is 2. The summed E-state index contributed by atoms with van der Waals surface area (Å²) >= 11 is 0. The minimum absolute atomic E-state index is 0.541. The van der Waals surface area contributed by atoms with E-state index in [4.69, 9.17) is 4.74 Å². The summed E-state index contributed by atoms with van der Waals surface area (Å²) < 4.78 is 5.94. The summed E-state index contributed by atoms with van der Waals surface area (Å²) in [6.45, 7) is 2.88. The summed E-state index contributed by atoms with van der Waals surface area (Å²) in [5.74, 6) is 1.44. The van der Waals surface area contributed by atoms with Crippen molar-refractivity contribution in [2.24, 2.45) is 5.92 Å². The summed E-state index contributed by atoms with van der Waals surface area (Å²) in [5, 5.41) is 1.23.